The molecule has 124 valence electrons. The van der Waals surface area contributed by atoms with Gasteiger partial charge < -0.3 is 8.98 Å². The average molecular weight is 322 g/mol. The van der Waals surface area contributed by atoms with Crippen LogP contribution in [-0.2, 0) is 13.1 Å². The third-order valence-electron chi connectivity index (χ3n) is 4.70. The third-order valence-corrected chi connectivity index (χ3v) is 4.70. The number of hydrogen-bond donors (Lipinski definition) is 0. The first-order chi connectivity index (χ1) is 11.9. The van der Waals surface area contributed by atoms with Gasteiger partial charge in [-0.2, -0.15) is 0 Å². The molecule has 0 aliphatic carbocycles. The van der Waals surface area contributed by atoms with E-state index in [2.05, 4.69) is 43.9 Å². The Hall–Kier alpha value is -2.40. The molecule has 4 rings (SSSR count). The zero-order chi connectivity index (χ0) is 16.2. The van der Waals surface area contributed by atoms with Crippen molar-refractivity contribution >= 4 is 0 Å². The summed E-state index contributed by atoms with van der Waals surface area (Å²) in [6.07, 6.45) is 7.81. The molecule has 0 unspecified atom stereocenters. The highest BCUT2D eigenvalue weighted by atomic mass is 16.3. The zero-order valence-electron chi connectivity index (χ0n) is 13.7. The van der Waals surface area contributed by atoms with Crippen LogP contribution in [0.1, 0.15) is 35.7 Å². The van der Waals surface area contributed by atoms with Crippen LogP contribution in [0.4, 0.5) is 0 Å². The van der Waals surface area contributed by atoms with Crippen LogP contribution in [0, 0.1) is 0 Å². The maximum atomic E-state index is 5.19. The molecule has 0 bridgehead atoms. The van der Waals surface area contributed by atoms with Crippen molar-refractivity contribution in [1.82, 2.24) is 19.7 Å². The van der Waals surface area contributed by atoms with Gasteiger partial charge in [0.1, 0.15) is 12.2 Å². The van der Waals surface area contributed by atoms with E-state index < -0.39 is 0 Å². The largest absolute Gasteiger partial charge is 0.472 e. The van der Waals surface area contributed by atoms with Gasteiger partial charge in [0.25, 0.3) is 0 Å². The number of piperidine rings is 1. The van der Waals surface area contributed by atoms with Gasteiger partial charge in [-0.15, -0.1) is 10.2 Å². The molecule has 2 aromatic heterocycles. The first-order valence-electron chi connectivity index (χ1n) is 8.53. The zero-order valence-corrected chi connectivity index (χ0v) is 13.7. The molecule has 1 aromatic carbocycles. The van der Waals surface area contributed by atoms with Gasteiger partial charge in [0.2, 0.25) is 0 Å². The molecule has 0 radical (unpaired) electrons. The van der Waals surface area contributed by atoms with Crippen LogP contribution in [0.2, 0.25) is 0 Å². The molecule has 1 atom stereocenters. The lowest BCUT2D eigenvalue weighted by Gasteiger charge is -2.32. The van der Waals surface area contributed by atoms with Crippen LogP contribution in [0.25, 0.3) is 0 Å². The van der Waals surface area contributed by atoms with E-state index in [0.29, 0.717) is 5.92 Å². The van der Waals surface area contributed by atoms with Crippen LogP contribution in [0.15, 0.2) is 59.7 Å². The molecule has 0 amide bonds. The highest BCUT2D eigenvalue weighted by molar-refractivity contribution is 5.16. The topological polar surface area (TPSA) is 47.1 Å². The molecule has 3 aromatic rings. The summed E-state index contributed by atoms with van der Waals surface area (Å²) in [7, 11) is 0. The van der Waals surface area contributed by atoms with Gasteiger partial charge in [-0.05, 0) is 31.0 Å². The maximum absolute atomic E-state index is 5.19. The minimum atomic E-state index is 0.442. The number of nitrogens with zero attached hydrogens (tertiary/aromatic N) is 4. The second-order valence-corrected chi connectivity index (χ2v) is 6.51. The van der Waals surface area contributed by atoms with Crippen LogP contribution in [-0.4, -0.2) is 32.8 Å². The van der Waals surface area contributed by atoms with Crippen molar-refractivity contribution in [2.24, 2.45) is 0 Å². The van der Waals surface area contributed by atoms with Crippen LogP contribution >= 0.6 is 0 Å². The third kappa shape index (κ3) is 3.41. The summed E-state index contributed by atoms with van der Waals surface area (Å²) in [6.45, 7) is 3.94. The molecule has 5 heteroatoms. The van der Waals surface area contributed by atoms with Crippen molar-refractivity contribution in [2.75, 3.05) is 13.1 Å². The Morgan fingerprint density at radius 1 is 1.08 bits per heavy atom. The SMILES string of the molecule is c1ccc(Cn2cnnc2[C@H]2CCCN(Cc3ccoc3)C2)cc1. The lowest BCUT2D eigenvalue weighted by molar-refractivity contribution is 0.194. The number of rotatable bonds is 5. The van der Waals surface area contributed by atoms with Crippen LogP contribution in [0.5, 0.6) is 0 Å². The quantitative estimate of drug-likeness (QED) is 0.723. The number of benzene rings is 1. The van der Waals surface area contributed by atoms with Gasteiger partial charge in [0.15, 0.2) is 0 Å². The van der Waals surface area contributed by atoms with E-state index in [9.17, 15) is 0 Å². The van der Waals surface area contributed by atoms with E-state index in [4.69, 9.17) is 4.42 Å². The summed E-state index contributed by atoms with van der Waals surface area (Å²) >= 11 is 0. The Labute approximate surface area is 141 Å². The highest BCUT2D eigenvalue weighted by Crippen LogP contribution is 2.26. The Balaban J connectivity index is 1.46. The molecule has 1 aliphatic rings. The number of furan rings is 1. The Morgan fingerprint density at radius 3 is 2.83 bits per heavy atom. The molecule has 0 saturated carbocycles. The van der Waals surface area contributed by atoms with Gasteiger partial charge in [0.05, 0.1) is 19.1 Å². The van der Waals surface area contributed by atoms with Crippen molar-refractivity contribution in [2.45, 2.75) is 31.8 Å². The summed E-state index contributed by atoms with van der Waals surface area (Å²) in [6, 6.07) is 12.5. The molecule has 24 heavy (non-hydrogen) atoms. The Kier molecular flexibility index (Phi) is 4.42. The summed E-state index contributed by atoms with van der Waals surface area (Å²) in [5.74, 6) is 1.55. The van der Waals surface area contributed by atoms with Gasteiger partial charge in [0, 0.05) is 24.6 Å². The number of aromatic nitrogens is 3. The van der Waals surface area contributed by atoms with E-state index >= 15 is 0 Å². The predicted octanol–water partition coefficient (Wildman–Crippen LogP) is 3.30. The first-order valence-corrected chi connectivity index (χ1v) is 8.53. The van der Waals surface area contributed by atoms with E-state index in [0.717, 1.165) is 32.0 Å². The van der Waals surface area contributed by atoms with Crippen LogP contribution < -0.4 is 0 Å². The maximum Gasteiger partial charge on any atom is 0.137 e. The Morgan fingerprint density at radius 2 is 2.00 bits per heavy atom. The van der Waals surface area contributed by atoms with Crippen molar-refractivity contribution in [3.8, 4) is 0 Å². The highest BCUT2D eigenvalue weighted by Gasteiger charge is 2.25. The summed E-state index contributed by atoms with van der Waals surface area (Å²) in [4.78, 5) is 2.49. The summed E-state index contributed by atoms with van der Waals surface area (Å²) < 4.78 is 7.38. The van der Waals surface area contributed by atoms with Crippen molar-refractivity contribution in [3.05, 3.63) is 72.2 Å². The fourth-order valence-electron chi connectivity index (χ4n) is 3.53. The van der Waals surface area contributed by atoms with Crippen molar-refractivity contribution in [3.63, 3.8) is 0 Å². The summed E-state index contributed by atoms with van der Waals surface area (Å²) in [5, 5.41) is 8.61. The molecule has 3 heterocycles. The molecular formula is C19H22N4O. The lowest BCUT2D eigenvalue weighted by atomic mass is 9.96. The van der Waals surface area contributed by atoms with E-state index in [-0.39, 0.29) is 0 Å². The van der Waals surface area contributed by atoms with Crippen molar-refractivity contribution < 1.29 is 4.42 Å². The standard InChI is InChI=1S/C19H22N4O/c1-2-5-16(6-3-1)12-23-15-20-21-19(23)18-7-4-9-22(13-18)11-17-8-10-24-14-17/h1-3,5-6,8,10,14-15,18H,4,7,9,11-13H2/t18-/m0/s1. The fourth-order valence-corrected chi connectivity index (χ4v) is 3.53. The summed E-state index contributed by atoms with van der Waals surface area (Å²) in [5.41, 5.74) is 2.52. The fraction of sp³-hybridized carbons (Fsp3) is 0.368. The lowest BCUT2D eigenvalue weighted by Crippen LogP contribution is -2.34. The molecule has 5 nitrogen and oxygen atoms in total. The van der Waals surface area contributed by atoms with E-state index in [1.165, 1.54) is 24.0 Å². The second kappa shape index (κ2) is 7.01. The van der Waals surface area contributed by atoms with E-state index in [1.54, 1.807) is 6.26 Å². The number of likely N-dealkylation sites (tertiary alicyclic amines) is 1. The number of hydrogen-bond acceptors (Lipinski definition) is 4. The van der Waals surface area contributed by atoms with Gasteiger partial charge in [-0.3, -0.25) is 4.90 Å². The minimum absolute atomic E-state index is 0.442. The second-order valence-electron chi connectivity index (χ2n) is 6.51. The first kappa shape index (κ1) is 15.1. The molecule has 0 spiro atoms. The Bertz CT molecular complexity index is 751. The van der Waals surface area contributed by atoms with Crippen molar-refractivity contribution in [1.29, 1.82) is 0 Å². The van der Waals surface area contributed by atoms with Gasteiger partial charge >= 0.3 is 0 Å². The molecular weight excluding hydrogens is 300 g/mol. The monoisotopic (exact) mass is 322 g/mol. The normalized spacial score (nSPS) is 18.8. The van der Waals surface area contributed by atoms with Gasteiger partial charge in [-0.25, -0.2) is 0 Å². The molecule has 1 fully saturated rings. The van der Waals surface area contributed by atoms with Crippen LogP contribution in [0.3, 0.4) is 0 Å². The van der Waals surface area contributed by atoms with E-state index in [1.807, 2.05) is 24.7 Å². The smallest absolute Gasteiger partial charge is 0.137 e. The average Bonchev–Trinajstić information content (AvgIpc) is 3.28. The van der Waals surface area contributed by atoms with Gasteiger partial charge in [-0.1, -0.05) is 30.3 Å². The predicted molar refractivity (Wildman–Crippen MR) is 91.5 cm³/mol. The molecule has 1 saturated heterocycles. The minimum Gasteiger partial charge on any atom is -0.472 e. The molecule has 1 aliphatic heterocycles. The molecule has 0 N–H and O–H groups in total.